The summed E-state index contributed by atoms with van der Waals surface area (Å²) in [5.74, 6) is 0.00584. The molecule has 20 heavy (non-hydrogen) atoms. The molecular formula is C14H12Cl2N2OS. The predicted molar refractivity (Wildman–Crippen MR) is 85.2 cm³/mol. The number of nitrogens with one attached hydrogen (secondary N) is 2. The van der Waals surface area contributed by atoms with Gasteiger partial charge < -0.3 is 10.6 Å². The molecule has 3 nitrogen and oxygen atoms in total. The minimum Gasteiger partial charge on any atom is -0.376 e. The zero-order valence-electron chi connectivity index (χ0n) is 10.7. The number of hydrogen-bond donors (Lipinski definition) is 2. The highest BCUT2D eigenvalue weighted by molar-refractivity contribution is 7.16. The third-order valence-corrected chi connectivity index (χ3v) is 4.94. The molecule has 1 aliphatic heterocycles. The molecule has 1 unspecified atom stereocenters. The first kappa shape index (κ1) is 13.7. The molecule has 0 aliphatic carbocycles. The number of fused-ring (bicyclic) bond motifs is 1. The lowest BCUT2D eigenvalue weighted by Crippen LogP contribution is -2.05. The summed E-state index contributed by atoms with van der Waals surface area (Å²) in [4.78, 5) is 12.5. The Labute approximate surface area is 130 Å². The van der Waals surface area contributed by atoms with Gasteiger partial charge in [-0.3, -0.25) is 4.79 Å². The van der Waals surface area contributed by atoms with Gasteiger partial charge in [-0.2, -0.15) is 0 Å². The number of anilines is 2. The van der Waals surface area contributed by atoms with Crippen LogP contribution in [0.15, 0.2) is 24.3 Å². The Bertz CT molecular complexity index is 684. The van der Waals surface area contributed by atoms with Gasteiger partial charge in [-0.05, 0) is 36.8 Å². The molecular weight excluding hydrogens is 315 g/mol. The van der Waals surface area contributed by atoms with Crippen LogP contribution in [0, 0.1) is 0 Å². The maximum atomic E-state index is 11.4. The number of benzene rings is 1. The van der Waals surface area contributed by atoms with Crippen molar-refractivity contribution in [2.24, 2.45) is 0 Å². The van der Waals surface area contributed by atoms with Crippen molar-refractivity contribution in [2.45, 2.75) is 19.4 Å². The average molecular weight is 327 g/mol. The zero-order chi connectivity index (χ0) is 14.3. The first-order valence-corrected chi connectivity index (χ1v) is 7.74. The number of carbonyl (C=O) groups is 1. The Balaban J connectivity index is 1.84. The van der Waals surface area contributed by atoms with E-state index in [1.165, 1.54) is 0 Å². The third kappa shape index (κ3) is 2.64. The number of hydrogen-bond acceptors (Lipinski definition) is 3. The Kier molecular flexibility index (Phi) is 3.63. The standard InChI is InChI=1S/C14H12Cl2N2OS/c1-7(12-2-3-13(16)20-12)17-11-4-8-5-14(19)18-10(8)6-9(11)15/h2-4,6-7,17H,5H2,1H3,(H,18,19). The minimum atomic E-state index is 0.00584. The summed E-state index contributed by atoms with van der Waals surface area (Å²) in [6.45, 7) is 2.05. The van der Waals surface area contributed by atoms with E-state index in [9.17, 15) is 4.79 Å². The van der Waals surface area contributed by atoms with Crippen molar-refractivity contribution in [3.63, 3.8) is 0 Å². The molecule has 2 aromatic rings. The van der Waals surface area contributed by atoms with Gasteiger partial charge in [0.05, 0.1) is 27.5 Å². The lowest BCUT2D eigenvalue weighted by molar-refractivity contribution is -0.115. The maximum absolute atomic E-state index is 11.4. The molecule has 104 valence electrons. The van der Waals surface area contributed by atoms with Crippen molar-refractivity contribution in [3.8, 4) is 0 Å². The van der Waals surface area contributed by atoms with Crippen LogP contribution in [0.1, 0.15) is 23.4 Å². The van der Waals surface area contributed by atoms with Crippen LogP contribution in [0.2, 0.25) is 9.36 Å². The number of carbonyl (C=O) groups excluding carboxylic acids is 1. The second-order valence-corrected chi connectivity index (χ2v) is 6.88. The van der Waals surface area contributed by atoms with E-state index in [2.05, 4.69) is 17.6 Å². The SMILES string of the molecule is CC(Nc1cc2c(cc1Cl)NC(=O)C2)c1ccc(Cl)s1. The highest BCUT2D eigenvalue weighted by Gasteiger charge is 2.20. The molecule has 1 amide bonds. The first-order chi connectivity index (χ1) is 9.52. The Morgan fingerprint density at radius 3 is 2.85 bits per heavy atom. The molecule has 0 bridgehead atoms. The fourth-order valence-electron chi connectivity index (χ4n) is 2.22. The summed E-state index contributed by atoms with van der Waals surface area (Å²) in [6, 6.07) is 7.71. The molecule has 2 N–H and O–H groups in total. The molecule has 3 rings (SSSR count). The fourth-order valence-corrected chi connectivity index (χ4v) is 3.51. The van der Waals surface area contributed by atoms with E-state index in [0.29, 0.717) is 11.4 Å². The number of amides is 1. The smallest absolute Gasteiger partial charge is 0.228 e. The van der Waals surface area contributed by atoms with Gasteiger partial charge >= 0.3 is 0 Å². The summed E-state index contributed by atoms with van der Waals surface area (Å²) in [6.07, 6.45) is 0.403. The first-order valence-electron chi connectivity index (χ1n) is 6.17. The molecule has 0 saturated carbocycles. The zero-order valence-corrected chi connectivity index (χ0v) is 13.0. The third-order valence-electron chi connectivity index (χ3n) is 3.21. The molecule has 1 aromatic carbocycles. The molecule has 2 heterocycles. The highest BCUT2D eigenvalue weighted by Crippen LogP contribution is 2.36. The van der Waals surface area contributed by atoms with Crippen molar-refractivity contribution < 1.29 is 4.79 Å². The van der Waals surface area contributed by atoms with Crippen LogP contribution in [-0.2, 0) is 11.2 Å². The lowest BCUT2D eigenvalue weighted by Gasteiger charge is -2.16. The van der Waals surface area contributed by atoms with E-state index < -0.39 is 0 Å². The Morgan fingerprint density at radius 1 is 1.35 bits per heavy atom. The second-order valence-electron chi connectivity index (χ2n) is 4.72. The second kappa shape index (κ2) is 5.28. The van der Waals surface area contributed by atoms with Crippen LogP contribution in [0.25, 0.3) is 0 Å². The van der Waals surface area contributed by atoms with Crippen LogP contribution in [0.4, 0.5) is 11.4 Å². The van der Waals surface area contributed by atoms with Gasteiger partial charge in [0, 0.05) is 10.6 Å². The normalized spacial score (nSPS) is 14.8. The van der Waals surface area contributed by atoms with Gasteiger partial charge in [0.1, 0.15) is 0 Å². The van der Waals surface area contributed by atoms with Crippen LogP contribution in [0.5, 0.6) is 0 Å². The summed E-state index contributed by atoms with van der Waals surface area (Å²) < 4.78 is 0.767. The number of thiophene rings is 1. The van der Waals surface area contributed by atoms with E-state index >= 15 is 0 Å². The summed E-state index contributed by atoms with van der Waals surface area (Å²) in [5, 5.41) is 6.75. The Hall–Kier alpha value is -1.23. The molecule has 0 radical (unpaired) electrons. The fraction of sp³-hybridized carbons (Fsp3) is 0.214. The van der Waals surface area contributed by atoms with E-state index in [4.69, 9.17) is 23.2 Å². The highest BCUT2D eigenvalue weighted by atomic mass is 35.5. The molecule has 0 saturated heterocycles. The van der Waals surface area contributed by atoms with Crippen molar-refractivity contribution in [2.75, 3.05) is 10.6 Å². The quantitative estimate of drug-likeness (QED) is 0.856. The molecule has 6 heteroatoms. The monoisotopic (exact) mass is 326 g/mol. The topological polar surface area (TPSA) is 41.1 Å². The molecule has 1 atom stereocenters. The summed E-state index contributed by atoms with van der Waals surface area (Å²) >= 11 is 13.7. The minimum absolute atomic E-state index is 0.00584. The van der Waals surface area contributed by atoms with E-state index in [1.54, 1.807) is 17.4 Å². The number of halogens is 2. The predicted octanol–water partition coefficient (Wildman–Crippen LogP) is 4.72. The van der Waals surface area contributed by atoms with Crippen LogP contribution < -0.4 is 10.6 Å². The van der Waals surface area contributed by atoms with Crippen LogP contribution >= 0.6 is 34.5 Å². The van der Waals surface area contributed by atoms with Crippen LogP contribution in [0.3, 0.4) is 0 Å². The van der Waals surface area contributed by atoms with Gasteiger partial charge in [-0.25, -0.2) is 0 Å². The van der Waals surface area contributed by atoms with Gasteiger partial charge in [-0.1, -0.05) is 23.2 Å². The molecule has 1 aromatic heterocycles. The van der Waals surface area contributed by atoms with Crippen molar-refractivity contribution in [1.82, 2.24) is 0 Å². The van der Waals surface area contributed by atoms with Gasteiger partial charge in [0.15, 0.2) is 0 Å². The molecule has 1 aliphatic rings. The maximum Gasteiger partial charge on any atom is 0.228 e. The van der Waals surface area contributed by atoms with Gasteiger partial charge in [0.2, 0.25) is 5.91 Å². The summed E-state index contributed by atoms with van der Waals surface area (Å²) in [5.41, 5.74) is 2.61. The largest absolute Gasteiger partial charge is 0.376 e. The molecule has 0 fully saturated rings. The van der Waals surface area contributed by atoms with Crippen LogP contribution in [-0.4, -0.2) is 5.91 Å². The van der Waals surface area contributed by atoms with Crippen molar-refractivity contribution >= 4 is 51.8 Å². The number of rotatable bonds is 3. The van der Waals surface area contributed by atoms with Gasteiger partial charge in [0.25, 0.3) is 0 Å². The average Bonchev–Trinajstić information content (AvgIpc) is 2.95. The van der Waals surface area contributed by atoms with Crippen molar-refractivity contribution in [1.29, 1.82) is 0 Å². The summed E-state index contributed by atoms with van der Waals surface area (Å²) in [7, 11) is 0. The molecule has 0 spiro atoms. The van der Waals surface area contributed by atoms with E-state index in [1.807, 2.05) is 18.2 Å². The lowest BCUT2D eigenvalue weighted by atomic mass is 10.1. The van der Waals surface area contributed by atoms with Crippen molar-refractivity contribution in [3.05, 3.63) is 44.1 Å². The van der Waals surface area contributed by atoms with E-state index in [0.717, 1.165) is 26.2 Å². The van der Waals surface area contributed by atoms with Gasteiger partial charge in [-0.15, -0.1) is 11.3 Å². The Morgan fingerprint density at radius 2 is 2.15 bits per heavy atom. The van der Waals surface area contributed by atoms with E-state index in [-0.39, 0.29) is 11.9 Å².